The standard InChI is InChI=1S/C15H24N2O2/c1-14(6-8-16-9-7-14)11-17-12(18)10-15(13(17)19)4-2-3-5-15/h16H,2-11H2,1H3. The topological polar surface area (TPSA) is 49.4 Å². The van der Waals surface area contributed by atoms with E-state index in [9.17, 15) is 9.59 Å². The molecule has 0 unspecified atom stereocenters. The van der Waals surface area contributed by atoms with Crippen molar-refractivity contribution < 1.29 is 9.59 Å². The van der Waals surface area contributed by atoms with Crippen LogP contribution in [0.2, 0.25) is 0 Å². The second kappa shape index (κ2) is 4.58. The van der Waals surface area contributed by atoms with Crippen LogP contribution in [-0.2, 0) is 9.59 Å². The van der Waals surface area contributed by atoms with Gasteiger partial charge in [-0.25, -0.2) is 0 Å². The highest BCUT2D eigenvalue weighted by molar-refractivity contribution is 6.06. The molecule has 0 aromatic heterocycles. The molecular formula is C15H24N2O2. The molecule has 4 heteroatoms. The first-order valence-electron chi connectivity index (χ1n) is 7.60. The number of imide groups is 1. The van der Waals surface area contributed by atoms with Gasteiger partial charge in [-0.1, -0.05) is 19.8 Å². The summed E-state index contributed by atoms with van der Waals surface area (Å²) in [6.07, 6.45) is 6.63. The van der Waals surface area contributed by atoms with E-state index in [2.05, 4.69) is 12.2 Å². The van der Waals surface area contributed by atoms with Gasteiger partial charge in [-0.05, 0) is 44.2 Å². The Bertz CT molecular complexity index is 393. The van der Waals surface area contributed by atoms with Crippen molar-refractivity contribution in [2.75, 3.05) is 19.6 Å². The van der Waals surface area contributed by atoms with E-state index in [0.717, 1.165) is 51.6 Å². The molecule has 106 valence electrons. The van der Waals surface area contributed by atoms with Crippen molar-refractivity contribution in [2.24, 2.45) is 10.8 Å². The van der Waals surface area contributed by atoms with E-state index in [1.807, 2.05) is 0 Å². The minimum atomic E-state index is -0.305. The van der Waals surface area contributed by atoms with Gasteiger partial charge in [-0.15, -0.1) is 0 Å². The smallest absolute Gasteiger partial charge is 0.235 e. The number of carbonyl (C=O) groups excluding carboxylic acids is 2. The summed E-state index contributed by atoms with van der Waals surface area (Å²) in [5, 5.41) is 3.35. The van der Waals surface area contributed by atoms with Gasteiger partial charge in [-0.2, -0.15) is 0 Å². The van der Waals surface area contributed by atoms with E-state index in [1.165, 1.54) is 0 Å². The van der Waals surface area contributed by atoms with E-state index < -0.39 is 0 Å². The fourth-order valence-corrected chi connectivity index (χ4v) is 4.03. The predicted octanol–water partition coefficient (Wildman–Crippen LogP) is 1.70. The Kier molecular flexibility index (Phi) is 3.16. The number of amides is 2. The van der Waals surface area contributed by atoms with Crippen molar-refractivity contribution >= 4 is 11.8 Å². The maximum absolute atomic E-state index is 12.6. The summed E-state index contributed by atoms with van der Waals surface area (Å²) in [5.74, 6) is 0.210. The molecular weight excluding hydrogens is 240 g/mol. The molecule has 0 radical (unpaired) electrons. The lowest BCUT2D eigenvalue weighted by Crippen LogP contribution is -2.46. The fraction of sp³-hybridized carbons (Fsp3) is 0.867. The molecule has 1 saturated carbocycles. The number of hydrogen-bond acceptors (Lipinski definition) is 3. The maximum atomic E-state index is 12.6. The molecule has 2 heterocycles. The molecule has 2 saturated heterocycles. The van der Waals surface area contributed by atoms with Crippen LogP contribution in [0.25, 0.3) is 0 Å². The van der Waals surface area contributed by atoms with Gasteiger partial charge in [0, 0.05) is 13.0 Å². The average molecular weight is 264 g/mol. The van der Waals surface area contributed by atoms with Crippen LogP contribution in [0.5, 0.6) is 0 Å². The van der Waals surface area contributed by atoms with Crippen molar-refractivity contribution in [3.63, 3.8) is 0 Å². The van der Waals surface area contributed by atoms with Crippen LogP contribution in [0.4, 0.5) is 0 Å². The SMILES string of the molecule is CC1(CN2C(=O)CC3(CCCC3)C2=O)CCNCC1. The quantitative estimate of drug-likeness (QED) is 0.772. The van der Waals surface area contributed by atoms with Crippen molar-refractivity contribution in [2.45, 2.75) is 51.9 Å². The minimum absolute atomic E-state index is 0.0756. The molecule has 2 aliphatic heterocycles. The van der Waals surface area contributed by atoms with Gasteiger partial charge >= 0.3 is 0 Å². The third kappa shape index (κ3) is 2.20. The Hall–Kier alpha value is -0.900. The highest BCUT2D eigenvalue weighted by Gasteiger charge is 2.53. The van der Waals surface area contributed by atoms with Gasteiger partial charge in [0.05, 0.1) is 5.41 Å². The zero-order valence-corrected chi connectivity index (χ0v) is 11.8. The molecule has 1 spiro atoms. The lowest BCUT2D eigenvalue weighted by molar-refractivity contribution is -0.143. The lowest BCUT2D eigenvalue weighted by Gasteiger charge is -2.37. The Morgan fingerprint density at radius 3 is 2.37 bits per heavy atom. The normalized spacial score (nSPS) is 29.4. The fourth-order valence-electron chi connectivity index (χ4n) is 4.03. The third-order valence-corrected chi connectivity index (χ3v) is 5.40. The zero-order chi connectivity index (χ0) is 13.5. The Balaban J connectivity index is 1.74. The first kappa shape index (κ1) is 13.1. The molecule has 0 bridgehead atoms. The lowest BCUT2D eigenvalue weighted by atomic mass is 9.80. The Morgan fingerprint density at radius 2 is 1.74 bits per heavy atom. The number of nitrogens with one attached hydrogen (secondary N) is 1. The molecule has 3 aliphatic rings. The van der Waals surface area contributed by atoms with Crippen LogP contribution in [0.3, 0.4) is 0 Å². The molecule has 0 aromatic carbocycles. The van der Waals surface area contributed by atoms with Crippen LogP contribution < -0.4 is 5.32 Å². The van der Waals surface area contributed by atoms with Gasteiger partial charge < -0.3 is 5.32 Å². The average Bonchev–Trinajstić information content (AvgIpc) is 2.93. The molecule has 1 N–H and O–H groups in total. The van der Waals surface area contributed by atoms with Crippen LogP contribution in [-0.4, -0.2) is 36.3 Å². The molecule has 1 aliphatic carbocycles. The number of hydrogen-bond donors (Lipinski definition) is 1. The van der Waals surface area contributed by atoms with Crippen LogP contribution in [0.1, 0.15) is 51.9 Å². The van der Waals surface area contributed by atoms with Gasteiger partial charge in [0.1, 0.15) is 0 Å². The number of likely N-dealkylation sites (tertiary alicyclic amines) is 1. The van der Waals surface area contributed by atoms with E-state index in [0.29, 0.717) is 13.0 Å². The van der Waals surface area contributed by atoms with Crippen molar-refractivity contribution in [3.8, 4) is 0 Å². The van der Waals surface area contributed by atoms with Crippen LogP contribution in [0.15, 0.2) is 0 Å². The number of piperidine rings is 1. The van der Waals surface area contributed by atoms with Gasteiger partial charge in [-0.3, -0.25) is 14.5 Å². The van der Waals surface area contributed by atoms with Crippen LogP contribution in [0, 0.1) is 10.8 Å². The van der Waals surface area contributed by atoms with E-state index in [4.69, 9.17) is 0 Å². The molecule has 2 amide bonds. The summed E-state index contributed by atoms with van der Waals surface area (Å²) in [7, 11) is 0. The Labute approximate surface area is 114 Å². The van der Waals surface area contributed by atoms with Crippen molar-refractivity contribution in [3.05, 3.63) is 0 Å². The summed E-state index contributed by atoms with van der Waals surface area (Å²) in [6.45, 7) is 4.85. The third-order valence-electron chi connectivity index (χ3n) is 5.40. The molecule has 0 aromatic rings. The molecule has 3 rings (SSSR count). The molecule has 3 fully saturated rings. The second-order valence-corrected chi connectivity index (χ2v) is 7.01. The highest BCUT2D eigenvalue weighted by atomic mass is 16.2. The second-order valence-electron chi connectivity index (χ2n) is 7.01. The minimum Gasteiger partial charge on any atom is -0.317 e. The van der Waals surface area contributed by atoms with Crippen molar-refractivity contribution in [1.29, 1.82) is 0 Å². The molecule has 4 nitrogen and oxygen atoms in total. The summed E-state index contributed by atoms with van der Waals surface area (Å²) >= 11 is 0. The predicted molar refractivity (Wildman–Crippen MR) is 72.4 cm³/mol. The van der Waals surface area contributed by atoms with E-state index in [-0.39, 0.29) is 22.6 Å². The summed E-state index contributed by atoms with van der Waals surface area (Å²) in [5.41, 5.74) is -0.193. The van der Waals surface area contributed by atoms with Gasteiger partial charge in [0.25, 0.3) is 0 Å². The number of carbonyl (C=O) groups is 2. The summed E-state index contributed by atoms with van der Waals surface area (Å²) in [6, 6.07) is 0. The summed E-state index contributed by atoms with van der Waals surface area (Å²) < 4.78 is 0. The van der Waals surface area contributed by atoms with E-state index >= 15 is 0 Å². The monoisotopic (exact) mass is 264 g/mol. The first-order valence-corrected chi connectivity index (χ1v) is 7.60. The first-order chi connectivity index (χ1) is 9.05. The molecule has 19 heavy (non-hydrogen) atoms. The van der Waals surface area contributed by atoms with Crippen molar-refractivity contribution in [1.82, 2.24) is 10.2 Å². The van der Waals surface area contributed by atoms with Crippen LogP contribution >= 0.6 is 0 Å². The maximum Gasteiger partial charge on any atom is 0.235 e. The molecule has 0 atom stereocenters. The largest absolute Gasteiger partial charge is 0.317 e. The Morgan fingerprint density at radius 1 is 1.11 bits per heavy atom. The zero-order valence-electron chi connectivity index (χ0n) is 11.8. The highest BCUT2D eigenvalue weighted by Crippen LogP contribution is 2.47. The number of rotatable bonds is 2. The summed E-state index contributed by atoms with van der Waals surface area (Å²) in [4.78, 5) is 26.5. The van der Waals surface area contributed by atoms with Gasteiger partial charge in [0.2, 0.25) is 11.8 Å². The number of nitrogens with zero attached hydrogens (tertiary/aromatic N) is 1. The van der Waals surface area contributed by atoms with E-state index in [1.54, 1.807) is 4.90 Å². The van der Waals surface area contributed by atoms with Gasteiger partial charge in [0.15, 0.2) is 0 Å².